The van der Waals surface area contributed by atoms with Gasteiger partial charge >= 0.3 is 0 Å². The summed E-state index contributed by atoms with van der Waals surface area (Å²) in [5.74, 6) is 1.49. The molecule has 3 rings (SSSR count). The molecule has 0 aliphatic carbocycles. The third kappa shape index (κ3) is 10.7. The Hall–Kier alpha value is -2.40. The first kappa shape index (κ1) is 27.8. The molecular formula is C29H43FN2O2. The van der Waals surface area contributed by atoms with Crippen LogP contribution in [-0.2, 0) is 17.8 Å². The fraction of sp³-hybridized carbons (Fsp3) is 0.552. The molecule has 0 atom stereocenters. The summed E-state index contributed by atoms with van der Waals surface area (Å²) >= 11 is 0. The van der Waals surface area contributed by atoms with Gasteiger partial charge in [0, 0.05) is 20.0 Å². The Bertz CT molecular complexity index is 846. The summed E-state index contributed by atoms with van der Waals surface area (Å²) in [7, 11) is 0. The molecule has 0 spiro atoms. The average Bonchev–Trinajstić information content (AvgIpc) is 2.84. The summed E-state index contributed by atoms with van der Waals surface area (Å²) in [5, 5.41) is 2.80. The van der Waals surface area contributed by atoms with Crippen molar-refractivity contribution in [1.82, 2.24) is 10.2 Å². The highest BCUT2D eigenvalue weighted by Gasteiger charge is 2.16. The van der Waals surface area contributed by atoms with Crippen LogP contribution < -0.4 is 10.1 Å². The third-order valence-corrected chi connectivity index (χ3v) is 6.45. The molecule has 2 aromatic rings. The molecule has 0 aromatic heterocycles. The van der Waals surface area contributed by atoms with Crippen LogP contribution >= 0.6 is 0 Å². The molecule has 5 heteroatoms. The monoisotopic (exact) mass is 470 g/mol. The number of aryl methyl sites for hydroxylation is 2. The molecule has 2 aromatic carbocycles. The van der Waals surface area contributed by atoms with Crippen LogP contribution in [0, 0.1) is 18.7 Å². The molecule has 1 amide bonds. The van der Waals surface area contributed by atoms with Gasteiger partial charge in [-0.15, -0.1) is 0 Å². The number of carbonyl (C=O) groups is 1. The zero-order chi connectivity index (χ0) is 24.8. The van der Waals surface area contributed by atoms with Gasteiger partial charge in [0.05, 0.1) is 6.61 Å². The van der Waals surface area contributed by atoms with Gasteiger partial charge in [0.25, 0.3) is 0 Å². The van der Waals surface area contributed by atoms with Crippen LogP contribution in [0.3, 0.4) is 0 Å². The van der Waals surface area contributed by atoms with E-state index >= 15 is 0 Å². The fourth-order valence-electron chi connectivity index (χ4n) is 4.27. The first-order chi connectivity index (χ1) is 16.4. The van der Waals surface area contributed by atoms with Crippen LogP contribution in [-0.4, -0.2) is 37.0 Å². The number of nitrogens with zero attached hydrogens (tertiary/aromatic N) is 1. The maximum absolute atomic E-state index is 12.7. The minimum Gasteiger partial charge on any atom is -0.494 e. The number of halogens is 1. The predicted molar refractivity (Wildman–Crippen MR) is 139 cm³/mol. The number of rotatable bonds is 10. The summed E-state index contributed by atoms with van der Waals surface area (Å²) in [6, 6.07) is 12.6. The van der Waals surface area contributed by atoms with Gasteiger partial charge in [0.1, 0.15) is 11.6 Å². The van der Waals surface area contributed by atoms with E-state index in [1.807, 2.05) is 0 Å². The number of likely N-dealkylation sites (tertiary alicyclic amines) is 1. The Morgan fingerprint density at radius 2 is 1.82 bits per heavy atom. The second-order valence-corrected chi connectivity index (χ2v) is 9.27. The SMILES string of the molecule is CCC1CCN(CCCOc2ccc(F)cc2)CC1.CCCc1ccc(CNC(C)=O)cc1C. The number of amides is 1. The van der Waals surface area contributed by atoms with Gasteiger partial charge in [0.15, 0.2) is 0 Å². The summed E-state index contributed by atoms with van der Waals surface area (Å²) in [4.78, 5) is 13.3. The minimum atomic E-state index is -0.217. The summed E-state index contributed by atoms with van der Waals surface area (Å²) < 4.78 is 18.3. The number of hydrogen-bond acceptors (Lipinski definition) is 3. The van der Waals surface area contributed by atoms with E-state index in [1.165, 1.54) is 74.5 Å². The maximum Gasteiger partial charge on any atom is 0.217 e. The highest BCUT2D eigenvalue weighted by atomic mass is 19.1. The zero-order valence-corrected chi connectivity index (χ0v) is 21.5. The lowest BCUT2D eigenvalue weighted by Crippen LogP contribution is -2.34. The van der Waals surface area contributed by atoms with Crippen LogP contribution in [0.25, 0.3) is 0 Å². The Morgan fingerprint density at radius 1 is 1.12 bits per heavy atom. The third-order valence-electron chi connectivity index (χ3n) is 6.45. The van der Waals surface area contributed by atoms with Gasteiger partial charge < -0.3 is 15.0 Å². The number of nitrogens with one attached hydrogen (secondary N) is 1. The van der Waals surface area contributed by atoms with Crippen molar-refractivity contribution in [2.45, 2.75) is 72.8 Å². The summed E-state index contributed by atoms with van der Waals surface area (Å²) in [5.41, 5.74) is 3.89. The van der Waals surface area contributed by atoms with E-state index in [0.29, 0.717) is 13.2 Å². The van der Waals surface area contributed by atoms with E-state index in [2.05, 4.69) is 49.2 Å². The zero-order valence-electron chi connectivity index (χ0n) is 21.5. The van der Waals surface area contributed by atoms with Gasteiger partial charge in [-0.1, -0.05) is 44.9 Å². The number of benzene rings is 2. The lowest BCUT2D eigenvalue weighted by atomic mass is 9.94. The molecule has 188 valence electrons. The molecule has 1 N–H and O–H groups in total. The molecule has 4 nitrogen and oxygen atoms in total. The van der Waals surface area contributed by atoms with E-state index < -0.39 is 0 Å². The fourth-order valence-corrected chi connectivity index (χ4v) is 4.27. The lowest BCUT2D eigenvalue weighted by molar-refractivity contribution is -0.119. The number of piperidine rings is 1. The van der Waals surface area contributed by atoms with E-state index in [9.17, 15) is 9.18 Å². The van der Waals surface area contributed by atoms with Gasteiger partial charge in [-0.25, -0.2) is 4.39 Å². The molecule has 0 bridgehead atoms. The second-order valence-electron chi connectivity index (χ2n) is 9.27. The van der Waals surface area contributed by atoms with Crippen molar-refractivity contribution < 1.29 is 13.9 Å². The van der Waals surface area contributed by atoms with E-state index in [0.717, 1.165) is 31.1 Å². The predicted octanol–water partition coefficient (Wildman–Crippen LogP) is 6.30. The quantitative estimate of drug-likeness (QED) is 0.414. The molecule has 1 saturated heterocycles. The molecule has 1 aliphatic rings. The van der Waals surface area contributed by atoms with E-state index in [-0.39, 0.29) is 11.7 Å². The molecule has 0 saturated carbocycles. The van der Waals surface area contributed by atoms with Gasteiger partial charge in [-0.05, 0) is 92.6 Å². The Kier molecular flexibility index (Phi) is 12.7. The second kappa shape index (κ2) is 15.5. The van der Waals surface area contributed by atoms with Crippen LogP contribution in [0.5, 0.6) is 5.75 Å². The Balaban J connectivity index is 0.000000248. The molecule has 0 radical (unpaired) electrons. The van der Waals surface area contributed by atoms with Crippen molar-refractivity contribution in [2.75, 3.05) is 26.2 Å². The van der Waals surface area contributed by atoms with Gasteiger partial charge in [0.2, 0.25) is 5.91 Å². The molecular weight excluding hydrogens is 427 g/mol. The normalized spacial score (nSPS) is 14.3. The number of hydrogen-bond donors (Lipinski definition) is 1. The van der Waals surface area contributed by atoms with E-state index in [1.54, 1.807) is 12.1 Å². The summed E-state index contributed by atoms with van der Waals surface area (Å²) in [6.07, 6.45) is 7.35. The van der Waals surface area contributed by atoms with Crippen molar-refractivity contribution in [3.05, 3.63) is 65.0 Å². The Morgan fingerprint density at radius 3 is 2.41 bits per heavy atom. The number of ether oxygens (including phenoxy) is 1. The smallest absolute Gasteiger partial charge is 0.217 e. The van der Waals surface area contributed by atoms with Crippen molar-refractivity contribution in [3.8, 4) is 5.75 Å². The molecule has 1 fully saturated rings. The highest BCUT2D eigenvalue weighted by molar-refractivity contribution is 5.72. The lowest BCUT2D eigenvalue weighted by Gasteiger charge is -2.31. The topological polar surface area (TPSA) is 41.6 Å². The summed E-state index contributed by atoms with van der Waals surface area (Å²) in [6.45, 7) is 13.0. The Labute approximate surface area is 205 Å². The van der Waals surface area contributed by atoms with Crippen LogP contribution in [0.1, 0.15) is 69.6 Å². The molecule has 1 aliphatic heterocycles. The van der Waals surface area contributed by atoms with Gasteiger partial charge in [-0.2, -0.15) is 0 Å². The van der Waals surface area contributed by atoms with Crippen molar-refractivity contribution in [3.63, 3.8) is 0 Å². The van der Waals surface area contributed by atoms with Crippen LogP contribution in [0.2, 0.25) is 0 Å². The minimum absolute atomic E-state index is 0.0188. The van der Waals surface area contributed by atoms with Crippen molar-refractivity contribution >= 4 is 5.91 Å². The molecule has 34 heavy (non-hydrogen) atoms. The number of carbonyl (C=O) groups excluding carboxylic acids is 1. The highest BCUT2D eigenvalue weighted by Crippen LogP contribution is 2.20. The first-order valence-corrected chi connectivity index (χ1v) is 12.8. The van der Waals surface area contributed by atoms with Crippen molar-refractivity contribution in [1.29, 1.82) is 0 Å². The largest absolute Gasteiger partial charge is 0.494 e. The average molecular weight is 471 g/mol. The van der Waals surface area contributed by atoms with Crippen molar-refractivity contribution in [2.24, 2.45) is 5.92 Å². The van der Waals surface area contributed by atoms with Crippen LogP contribution in [0.15, 0.2) is 42.5 Å². The molecule has 0 unspecified atom stereocenters. The molecule has 1 heterocycles. The van der Waals surface area contributed by atoms with Crippen LogP contribution in [0.4, 0.5) is 4.39 Å². The first-order valence-electron chi connectivity index (χ1n) is 12.8. The standard InChI is InChI=1S/C16H24FNO.C13H19NO/c1-2-14-8-11-18(12-9-14)10-3-13-19-16-6-4-15(17)5-7-16;1-4-5-13-7-6-12(8-10(13)2)9-14-11(3)15/h4-7,14H,2-3,8-13H2,1H3;6-8H,4-5,9H2,1-3H3,(H,14,15). The van der Waals surface area contributed by atoms with Gasteiger partial charge in [-0.3, -0.25) is 4.79 Å². The van der Waals surface area contributed by atoms with E-state index in [4.69, 9.17) is 4.74 Å². The maximum atomic E-state index is 12.7.